The first-order valence-electron chi connectivity index (χ1n) is 5.10. The highest BCUT2D eigenvalue weighted by molar-refractivity contribution is 6.31. The van der Waals surface area contributed by atoms with Gasteiger partial charge in [-0.15, -0.1) is 4.85 Å². The Bertz CT molecular complexity index is 584. The minimum atomic E-state index is -4.51. The van der Waals surface area contributed by atoms with Crippen LogP contribution in [0.25, 0.3) is 0 Å². The average molecular weight is 293 g/mol. The minimum absolute atomic E-state index is 0.00413. The molecule has 102 valence electrons. The SMILES string of the molecule is On1ccc(OCc2c(Cl)cccc2C(F)(F)F)n1. The Kier molecular flexibility index (Phi) is 3.57. The van der Waals surface area contributed by atoms with Crippen molar-refractivity contribution >= 4 is 11.6 Å². The third kappa shape index (κ3) is 3.11. The van der Waals surface area contributed by atoms with Gasteiger partial charge in [0.1, 0.15) is 6.61 Å². The Morgan fingerprint density at radius 3 is 2.63 bits per heavy atom. The summed E-state index contributed by atoms with van der Waals surface area (Å²) in [4.78, 5) is 0.493. The number of aromatic nitrogens is 2. The number of rotatable bonds is 3. The Hall–Kier alpha value is -1.89. The summed E-state index contributed by atoms with van der Waals surface area (Å²) in [5, 5.41) is 12.3. The predicted octanol–water partition coefficient (Wildman–Crippen LogP) is 3.37. The number of alkyl halides is 3. The fourth-order valence-electron chi connectivity index (χ4n) is 1.49. The van der Waals surface area contributed by atoms with Crippen molar-refractivity contribution in [2.24, 2.45) is 0 Å². The molecule has 0 fully saturated rings. The molecule has 1 heterocycles. The second-order valence-electron chi connectivity index (χ2n) is 3.63. The third-order valence-corrected chi connectivity index (χ3v) is 2.69. The van der Waals surface area contributed by atoms with Gasteiger partial charge in [0.25, 0.3) is 0 Å². The molecule has 0 amide bonds. The van der Waals surface area contributed by atoms with Crippen LogP contribution in [-0.2, 0) is 12.8 Å². The lowest BCUT2D eigenvalue weighted by atomic mass is 10.1. The first kappa shape index (κ1) is 13.5. The molecule has 0 aliphatic heterocycles. The van der Waals surface area contributed by atoms with Crippen molar-refractivity contribution in [2.75, 3.05) is 0 Å². The molecule has 0 aliphatic carbocycles. The highest BCUT2D eigenvalue weighted by atomic mass is 35.5. The normalized spacial score (nSPS) is 11.6. The van der Waals surface area contributed by atoms with Gasteiger partial charge in [0, 0.05) is 16.7 Å². The number of ether oxygens (including phenoxy) is 1. The van der Waals surface area contributed by atoms with Gasteiger partial charge in [0.2, 0.25) is 5.88 Å². The molecule has 2 rings (SSSR count). The van der Waals surface area contributed by atoms with E-state index in [1.807, 2.05) is 0 Å². The summed E-state index contributed by atoms with van der Waals surface area (Å²) in [6.45, 7) is -0.397. The van der Waals surface area contributed by atoms with E-state index in [0.29, 0.717) is 4.85 Å². The van der Waals surface area contributed by atoms with E-state index in [-0.39, 0.29) is 16.5 Å². The lowest BCUT2D eigenvalue weighted by Crippen LogP contribution is -2.11. The number of nitrogens with zero attached hydrogens (tertiary/aromatic N) is 2. The van der Waals surface area contributed by atoms with E-state index in [4.69, 9.17) is 21.5 Å². The van der Waals surface area contributed by atoms with E-state index in [1.54, 1.807) is 0 Å². The molecule has 19 heavy (non-hydrogen) atoms. The lowest BCUT2D eigenvalue weighted by molar-refractivity contribution is -0.138. The second-order valence-corrected chi connectivity index (χ2v) is 4.03. The van der Waals surface area contributed by atoms with Crippen LogP contribution < -0.4 is 4.74 Å². The van der Waals surface area contributed by atoms with Crippen LogP contribution in [0.3, 0.4) is 0 Å². The molecule has 0 radical (unpaired) electrons. The van der Waals surface area contributed by atoms with Crippen molar-refractivity contribution in [3.8, 4) is 5.88 Å². The molecule has 0 bridgehead atoms. The standard InChI is InChI=1S/C11H8ClF3N2O2/c12-9-3-1-2-8(11(13,14)15)7(9)6-19-10-4-5-17(18)16-10/h1-5,18H,6H2. The van der Waals surface area contributed by atoms with Crippen molar-refractivity contribution in [2.45, 2.75) is 12.8 Å². The van der Waals surface area contributed by atoms with E-state index in [9.17, 15) is 13.2 Å². The van der Waals surface area contributed by atoms with E-state index in [0.717, 1.165) is 6.07 Å². The summed E-state index contributed by atoms with van der Waals surface area (Å²) in [6, 6.07) is 4.80. The topological polar surface area (TPSA) is 47.3 Å². The molecule has 0 unspecified atom stereocenters. The van der Waals surface area contributed by atoms with Crippen molar-refractivity contribution in [1.29, 1.82) is 0 Å². The minimum Gasteiger partial charge on any atom is -0.472 e. The second kappa shape index (κ2) is 5.00. The maximum absolute atomic E-state index is 12.8. The molecule has 8 heteroatoms. The van der Waals surface area contributed by atoms with Crippen molar-refractivity contribution in [3.05, 3.63) is 46.6 Å². The summed E-state index contributed by atoms with van der Waals surface area (Å²) in [5.74, 6) is -0.00413. The molecule has 1 N–H and O–H groups in total. The molecule has 0 saturated heterocycles. The van der Waals surface area contributed by atoms with Crippen LogP contribution >= 0.6 is 11.6 Å². The Labute approximate surface area is 110 Å². The molecule has 0 spiro atoms. The van der Waals surface area contributed by atoms with Crippen LogP contribution in [0.1, 0.15) is 11.1 Å². The van der Waals surface area contributed by atoms with Gasteiger partial charge in [-0.25, -0.2) is 0 Å². The zero-order valence-corrected chi connectivity index (χ0v) is 10.1. The Balaban J connectivity index is 2.24. The summed E-state index contributed by atoms with van der Waals surface area (Å²) in [6.07, 6.45) is -3.33. The van der Waals surface area contributed by atoms with E-state index < -0.39 is 18.3 Å². The monoisotopic (exact) mass is 292 g/mol. The van der Waals surface area contributed by atoms with Crippen LogP contribution in [0.4, 0.5) is 13.2 Å². The largest absolute Gasteiger partial charge is 0.472 e. The van der Waals surface area contributed by atoms with Gasteiger partial charge in [-0.1, -0.05) is 22.8 Å². The summed E-state index contributed by atoms with van der Waals surface area (Å²) in [7, 11) is 0. The Morgan fingerprint density at radius 1 is 1.32 bits per heavy atom. The molecule has 2 aromatic rings. The highest BCUT2D eigenvalue weighted by Crippen LogP contribution is 2.35. The number of hydrogen-bond donors (Lipinski definition) is 1. The van der Waals surface area contributed by atoms with Gasteiger partial charge in [-0.3, -0.25) is 0 Å². The molecule has 1 aromatic heterocycles. The van der Waals surface area contributed by atoms with E-state index in [2.05, 4.69) is 5.10 Å². The quantitative estimate of drug-likeness (QED) is 0.882. The zero-order chi connectivity index (χ0) is 14.0. The smallest absolute Gasteiger partial charge is 0.416 e. The Morgan fingerprint density at radius 2 is 2.05 bits per heavy atom. The number of halogens is 4. The van der Waals surface area contributed by atoms with Gasteiger partial charge in [0.15, 0.2) is 0 Å². The summed E-state index contributed by atoms with van der Waals surface area (Å²) >= 11 is 5.75. The molecule has 0 saturated carbocycles. The third-order valence-electron chi connectivity index (χ3n) is 2.34. The highest BCUT2D eigenvalue weighted by Gasteiger charge is 2.34. The summed E-state index contributed by atoms with van der Waals surface area (Å²) < 4.78 is 43.4. The van der Waals surface area contributed by atoms with Crippen LogP contribution in [0.15, 0.2) is 30.5 Å². The maximum Gasteiger partial charge on any atom is 0.416 e. The summed E-state index contributed by atoms with van der Waals surface area (Å²) in [5.41, 5.74) is -1.03. The molecule has 0 atom stereocenters. The van der Waals surface area contributed by atoms with E-state index >= 15 is 0 Å². The fourth-order valence-corrected chi connectivity index (χ4v) is 1.72. The number of hydrogen-bond acceptors (Lipinski definition) is 3. The van der Waals surface area contributed by atoms with Gasteiger partial charge in [-0.05, 0) is 12.1 Å². The average Bonchev–Trinajstić information content (AvgIpc) is 2.72. The maximum atomic E-state index is 12.8. The van der Waals surface area contributed by atoms with Crippen LogP contribution in [0.2, 0.25) is 5.02 Å². The first-order chi connectivity index (χ1) is 8.88. The van der Waals surface area contributed by atoms with Crippen molar-refractivity contribution in [1.82, 2.24) is 9.94 Å². The molecule has 4 nitrogen and oxygen atoms in total. The first-order valence-corrected chi connectivity index (χ1v) is 5.48. The van der Waals surface area contributed by atoms with Crippen molar-refractivity contribution in [3.63, 3.8) is 0 Å². The van der Waals surface area contributed by atoms with Gasteiger partial charge in [-0.2, -0.15) is 13.2 Å². The lowest BCUT2D eigenvalue weighted by Gasteiger charge is -2.14. The number of benzene rings is 1. The van der Waals surface area contributed by atoms with Gasteiger partial charge in [0.05, 0.1) is 11.8 Å². The zero-order valence-electron chi connectivity index (χ0n) is 9.36. The van der Waals surface area contributed by atoms with Crippen molar-refractivity contribution < 1.29 is 23.1 Å². The van der Waals surface area contributed by atoms with Crippen LogP contribution in [-0.4, -0.2) is 15.2 Å². The van der Waals surface area contributed by atoms with Gasteiger partial charge >= 0.3 is 6.18 Å². The van der Waals surface area contributed by atoms with Crippen LogP contribution in [0, 0.1) is 0 Å². The molecule has 0 aliphatic rings. The van der Waals surface area contributed by atoms with Gasteiger partial charge < -0.3 is 9.94 Å². The predicted molar refractivity (Wildman–Crippen MR) is 60.2 cm³/mol. The molecular formula is C11H8ClF3N2O2. The molecular weight excluding hydrogens is 285 g/mol. The van der Waals surface area contributed by atoms with Crippen LogP contribution in [0.5, 0.6) is 5.88 Å². The fraction of sp³-hybridized carbons (Fsp3) is 0.182. The van der Waals surface area contributed by atoms with E-state index in [1.165, 1.54) is 24.4 Å². The molecule has 1 aromatic carbocycles.